The van der Waals surface area contributed by atoms with Crippen molar-refractivity contribution in [3.05, 3.63) is 47.9 Å². The van der Waals surface area contributed by atoms with Gasteiger partial charge in [-0.25, -0.2) is 4.98 Å². The van der Waals surface area contributed by atoms with E-state index < -0.39 is 11.8 Å². The fourth-order valence-electron chi connectivity index (χ4n) is 3.22. The van der Waals surface area contributed by atoms with Crippen LogP contribution in [-0.2, 0) is 21.1 Å². The van der Waals surface area contributed by atoms with Crippen molar-refractivity contribution < 1.29 is 14.4 Å². The Morgan fingerprint density at radius 2 is 1.54 bits per heavy atom. The summed E-state index contributed by atoms with van der Waals surface area (Å²) in [4.78, 5) is 45.5. The summed E-state index contributed by atoms with van der Waals surface area (Å²) in [6.45, 7) is 0.449. The molecule has 3 amide bonds. The summed E-state index contributed by atoms with van der Waals surface area (Å²) in [6.07, 6.45) is 4.74. The zero-order valence-corrected chi connectivity index (χ0v) is 20.2. The third-order valence-corrected chi connectivity index (χ3v) is 4.77. The molecule has 3 aromatic heterocycles. The molecule has 0 aliphatic carbocycles. The van der Waals surface area contributed by atoms with Gasteiger partial charge in [0.05, 0.1) is 17.9 Å². The van der Waals surface area contributed by atoms with Crippen LogP contribution in [0.4, 0.5) is 17.2 Å². The Hall–Kier alpha value is -4.46. The van der Waals surface area contributed by atoms with Gasteiger partial charge < -0.3 is 46.9 Å². The van der Waals surface area contributed by atoms with E-state index in [1.54, 1.807) is 48.7 Å². The van der Waals surface area contributed by atoms with Crippen LogP contribution in [0.1, 0.15) is 31.6 Å². The largest absolute Gasteiger partial charge is 0.397 e. The quantitative estimate of drug-likeness (QED) is 0.136. The molecule has 3 aromatic rings. The minimum Gasteiger partial charge on any atom is -0.397 e. The number of rotatable bonds is 8. The van der Waals surface area contributed by atoms with E-state index in [-0.39, 0.29) is 54.7 Å². The first-order valence-corrected chi connectivity index (χ1v) is 10.1. The zero-order chi connectivity index (χ0) is 25.0. The number of nitrogens with two attached hydrogens (primary N) is 3. The monoisotopic (exact) mass is 505 g/mol. The van der Waals surface area contributed by atoms with Gasteiger partial charge in [0.25, 0.3) is 17.7 Å². The van der Waals surface area contributed by atoms with Crippen molar-refractivity contribution in [1.82, 2.24) is 24.0 Å². The number of nitrogens with zero attached hydrogens (tertiary/aromatic N) is 5. The van der Waals surface area contributed by atoms with Crippen LogP contribution in [0, 0.1) is 0 Å². The highest BCUT2D eigenvalue weighted by Crippen LogP contribution is 2.17. The van der Waals surface area contributed by atoms with Gasteiger partial charge >= 0.3 is 0 Å². The van der Waals surface area contributed by atoms with Crippen molar-refractivity contribution in [2.24, 2.45) is 37.6 Å². The summed E-state index contributed by atoms with van der Waals surface area (Å²) >= 11 is 0. The number of carbonyl (C=O) groups is 3. The molecule has 0 bridgehead atoms. The first-order chi connectivity index (χ1) is 16.0. The number of hydrogen-bond acceptors (Lipinski definition) is 6. The molecule has 0 fully saturated rings. The predicted octanol–water partition coefficient (Wildman–Crippen LogP) is -0.391. The average molecular weight is 506 g/mol. The molecule has 35 heavy (non-hydrogen) atoms. The number of nitrogen functional groups attached to an aromatic ring is 1. The maximum absolute atomic E-state index is 12.8. The Morgan fingerprint density at radius 1 is 0.914 bits per heavy atom. The summed E-state index contributed by atoms with van der Waals surface area (Å²) in [5.41, 5.74) is 17.8. The number of guanidine groups is 1. The third kappa shape index (κ3) is 6.54. The van der Waals surface area contributed by atoms with E-state index in [0.29, 0.717) is 17.1 Å². The number of carbonyl (C=O) groups excluding carboxylic acids is 3. The van der Waals surface area contributed by atoms with Crippen molar-refractivity contribution in [1.29, 1.82) is 0 Å². The summed E-state index contributed by atoms with van der Waals surface area (Å²) in [5, 5.41) is 8.02. The highest BCUT2D eigenvalue weighted by Gasteiger charge is 2.19. The molecule has 15 heteroatoms. The number of imidazole rings is 1. The number of hydrogen-bond donors (Lipinski definition) is 6. The van der Waals surface area contributed by atoms with Gasteiger partial charge in [-0.15, -0.1) is 12.4 Å². The fraction of sp³-hybridized carbons (Fsp3) is 0.250. The maximum Gasteiger partial charge on any atom is 0.287 e. The van der Waals surface area contributed by atoms with E-state index in [0.717, 1.165) is 0 Å². The molecule has 9 N–H and O–H groups in total. The van der Waals surface area contributed by atoms with Gasteiger partial charge in [-0.2, -0.15) is 0 Å². The maximum atomic E-state index is 12.8. The zero-order valence-electron chi connectivity index (χ0n) is 19.4. The Bertz CT molecular complexity index is 1270. The SMILES string of the molecule is Cl.Cn1cc(N)cc1C(=O)Nc1cc(C(=O)Nc2cn(C)c(C(=O)NCCN=C(N)N)n2)n(C)c1. The van der Waals surface area contributed by atoms with Gasteiger partial charge in [0.2, 0.25) is 5.82 Å². The molecule has 0 saturated heterocycles. The molecule has 0 aliphatic heterocycles. The van der Waals surface area contributed by atoms with E-state index in [1.165, 1.54) is 16.8 Å². The van der Waals surface area contributed by atoms with Crippen molar-refractivity contribution in [3.8, 4) is 0 Å². The minimum atomic E-state index is -0.469. The molecule has 0 saturated carbocycles. The number of aryl methyl sites for hydroxylation is 3. The third-order valence-electron chi connectivity index (χ3n) is 4.77. The molecular weight excluding hydrogens is 478 g/mol. The number of amides is 3. The van der Waals surface area contributed by atoms with E-state index in [1.807, 2.05) is 0 Å². The minimum absolute atomic E-state index is 0. The number of aromatic nitrogens is 4. The second-order valence-electron chi connectivity index (χ2n) is 7.53. The van der Waals surface area contributed by atoms with Gasteiger partial charge in [0, 0.05) is 46.3 Å². The first-order valence-electron chi connectivity index (χ1n) is 10.1. The Morgan fingerprint density at radius 3 is 2.17 bits per heavy atom. The number of anilines is 3. The lowest BCUT2D eigenvalue weighted by Gasteiger charge is -2.03. The molecule has 188 valence electrons. The lowest BCUT2D eigenvalue weighted by Crippen LogP contribution is -2.30. The smallest absolute Gasteiger partial charge is 0.287 e. The number of nitrogens with one attached hydrogen (secondary N) is 3. The second kappa shape index (κ2) is 11.1. The van der Waals surface area contributed by atoms with Crippen LogP contribution in [0.2, 0.25) is 0 Å². The molecule has 0 radical (unpaired) electrons. The molecule has 0 atom stereocenters. The van der Waals surface area contributed by atoms with Crippen molar-refractivity contribution >= 4 is 53.3 Å². The van der Waals surface area contributed by atoms with Crippen LogP contribution in [0.15, 0.2) is 35.7 Å². The van der Waals surface area contributed by atoms with Gasteiger partial charge in [-0.1, -0.05) is 0 Å². The first kappa shape index (κ1) is 26.8. The molecule has 3 rings (SSSR count). The number of aliphatic imine (C=N–C) groups is 1. The summed E-state index contributed by atoms with van der Waals surface area (Å²) < 4.78 is 4.65. The highest BCUT2D eigenvalue weighted by atomic mass is 35.5. The summed E-state index contributed by atoms with van der Waals surface area (Å²) in [7, 11) is 5.00. The highest BCUT2D eigenvalue weighted by molar-refractivity contribution is 6.07. The lowest BCUT2D eigenvalue weighted by molar-refractivity contribution is 0.0939. The summed E-state index contributed by atoms with van der Waals surface area (Å²) in [5.74, 6) is -1.06. The Balaban J connectivity index is 0.00000432. The van der Waals surface area contributed by atoms with Crippen molar-refractivity contribution in [2.75, 3.05) is 29.5 Å². The van der Waals surface area contributed by atoms with E-state index in [2.05, 4.69) is 25.9 Å². The molecule has 14 nitrogen and oxygen atoms in total. The second-order valence-corrected chi connectivity index (χ2v) is 7.53. The van der Waals surface area contributed by atoms with Crippen LogP contribution < -0.4 is 33.2 Å². The molecule has 0 spiro atoms. The van der Waals surface area contributed by atoms with Crippen LogP contribution in [0.25, 0.3) is 0 Å². The van der Waals surface area contributed by atoms with E-state index in [9.17, 15) is 14.4 Å². The standard InChI is InChI=1S/C20H27N11O3.ClH/c1-29-8-11(21)6-13(29)17(32)26-12-7-14(30(2)9-12)18(33)28-15-10-31(3)16(27-15)19(34)24-4-5-25-20(22)23;/h6-10H,4-5,21H2,1-3H3,(H,24,34)(H,26,32)(H,28,33)(H4,22,23,25);1H. The van der Waals surface area contributed by atoms with Crippen molar-refractivity contribution in [3.63, 3.8) is 0 Å². The van der Waals surface area contributed by atoms with Crippen LogP contribution in [0.3, 0.4) is 0 Å². The van der Waals surface area contributed by atoms with Crippen molar-refractivity contribution in [2.45, 2.75) is 0 Å². The fourth-order valence-corrected chi connectivity index (χ4v) is 3.22. The Labute approximate surface area is 207 Å². The van der Waals surface area contributed by atoms with Crippen LogP contribution >= 0.6 is 12.4 Å². The molecular formula is C20H28ClN11O3. The van der Waals surface area contributed by atoms with E-state index >= 15 is 0 Å². The van der Waals surface area contributed by atoms with Gasteiger partial charge in [0.15, 0.2) is 11.8 Å². The van der Waals surface area contributed by atoms with Gasteiger partial charge in [-0.3, -0.25) is 19.4 Å². The van der Waals surface area contributed by atoms with E-state index in [4.69, 9.17) is 17.2 Å². The molecule has 3 heterocycles. The summed E-state index contributed by atoms with van der Waals surface area (Å²) in [6, 6.07) is 3.08. The van der Waals surface area contributed by atoms with Crippen LogP contribution in [-0.4, -0.2) is 55.5 Å². The lowest BCUT2D eigenvalue weighted by atomic mass is 10.3. The van der Waals surface area contributed by atoms with Crippen LogP contribution in [0.5, 0.6) is 0 Å². The predicted molar refractivity (Wildman–Crippen MR) is 135 cm³/mol. The molecule has 0 aromatic carbocycles. The Kier molecular flexibility index (Phi) is 8.50. The normalized spacial score (nSPS) is 10.3. The van der Waals surface area contributed by atoms with Gasteiger partial charge in [0.1, 0.15) is 11.4 Å². The number of halogens is 1. The molecule has 0 unspecified atom stereocenters. The topological polar surface area (TPSA) is 205 Å². The van der Waals surface area contributed by atoms with Gasteiger partial charge in [-0.05, 0) is 12.1 Å². The average Bonchev–Trinajstić information content (AvgIpc) is 3.41. The molecule has 0 aliphatic rings.